The van der Waals surface area contributed by atoms with Crippen LogP contribution in [0.5, 0.6) is 0 Å². The van der Waals surface area contributed by atoms with Gasteiger partial charge in [0.15, 0.2) is 0 Å². The van der Waals surface area contributed by atoms with E-state index in [2.05, 4.69) is 10.3 Å². The van der Waals surface area contributed by atoms with Crippen LogP contribution in [0.4, 0.5) is 0 Å². The zero-order valence-corrected chi connectivity index (χ0v) is 11.8. The Labute approximate surface area is 118 Å². The maximum atomic E-state index is 12.0. The Kier molecular flexibility index (Phi) is 5.05. The number of hydrogen-bond acceptors (Lipinski definition) is 5. The molecule has 1 aliphatic heterocycles. The maximum absolute atomic E-state index is 12.0. The third kappa shape index (κ3) is 3.99. The highest BCUT2D eigenvalue weighted by Crippen LogP contribution is 2.05. The molecule has 2 rings (SSSR count). The Hall–Kier alpha value is -1.51. The molecule has 2 heterocycles. The molecule has 1 N–H and O–H groups in total. The molecule has 1 fully saturated rings. The molecule has 0 bridgehead atoms. The van der Waals surface area contributed by atoms with Gasteiger partial charge >= 0.3 is 0 Å². The lowest BCUT2D eigenvalue weighted by Gasteiger charge is -2.26. The number of hydrogen-bond donors (Lipinski definition) is 1. The zero-order chi connectivity index (χ0) is 14.4. The third-order valence-corrected chi connectivity index (χ3v) is 4.80. The van der Waals surface area contributed by atoms with E-state index in [0.29, 0.717) is 31.9 Å². The van der Waals surface area contributed by atoms with Crippen molar-refractivity contribution in [2.75, 3.05) is 38.6 Å². The van der Waals surface area contributed by atoms with E-state index in [9.17, 15) is 13.2 Å². The lowest BCUT2D eigenvalue weighted by molar-refractivity contribution is 0.0730. The van der Waals surface area contributed by atoms with Crippen LogP contribution in [0.25, 0.3) is 0 Å². The smallest absolute Gasteiger partial charge is 0.252 e. The fourth-order valence-electron chi connectivity index (χ4n) is 1.85. The van der Waals surface area contributed by atoms with Crippen molar-refractivity contribution >= 4 is 15.9 Å². The number of amides is 1. The predicted octanol–water partition coefficient (Wildman–Crippen LogP) is -0.527. The van der Waals surface area contributed by atoms with Crippen molar-refractivity contribution in [3.05, 3.63) is 30.1 Å². The number of morpholine rings is 1. The first-order valence-electron chi connectivity index (χ1n) is 6.33. The summed E-state index contributed by atoms with van der Waals surface area (Å²) in [4.78, 5) is 15.6. The van der Waals surface area contributed by atoms with E-state index in [-0.39, 0.29) is 18.2 Å². The molecule has 7 nitrogen and oxygen atoms in total. The van der Waals surface area contributed by atoms with Gasteiger partial charge < -0.3 is 10.1 Å². The summed E-state index contributed by atoms with van der Waals surface area (Å²) in [6.07, 6.45) is 3.01. The van der Waals surface area contributed by atoms with Crippen LogP contribution >= 0.6 is 0 Å². The van der Waals surface area contributed by atoms with Crippen molar-refractivity contribution < 1.29 is 17.9 Å². The molecule has 8 heteroatoms. The summed E-state index contributed by atoms with van der Waals surface area (Å²) in [5.74, 6) is -0.436. The highest BCUT2D eigenvalue weighted by atomic mass is 32.2. The number of carbonyl (C=O) groups is 1. The third-order valence-electron chi connectivity index (χ3n) is 2.93. The first-order chi connectivity index (χ1) is 9.59. The minimum absolute atomic E-state index is 0.0768. The number of nitrogens with one attached hydrogen (secondary N) is 1. The van der Waals surface area contributed by atoms with E-state index < -0.39 is 10.0 Å². The van der Waals surface area contributed by atoms with Crippen LogP contribution in [0.3, 0.4) is 0 Å². The quantitative estimate of drug-likeness (QED) is 0.790. The van der Waals surface area contributed by atoms with E-state index in [1.54, 1.807) is 18.3 Å². The van der Waals surface area contributed by atoms with Crippen LogP contribution in [0.15, 0.2) is 24.5 Å². The number of pyridine rings is 1. The second-order valence-corrected chi connectivity index (χ2v) is 6.41. The summed E-state index contributed by atoms with van der Waals surface area (Å²) < 4.78 is 30.5. The highest BCUT2D eigenvalue weighted by molar-refractivity contribution is 7.89. The van der Waals surface area contributed by atoms with Gasteiger partial charge in [0.1, 0.15) is 0 Å². The molecule has 110 valence electrons. The van der Waals surface area contributed by atoms with Gasteiger partial charge in [-0.25, -0.2) is 8.42 Å². The molecule has 1 aromatic heterocycles. The van der Waals surface area contributed by atoms with Gasteiger partial charge in [0.25, 0.3) is 5.91 Å². The number of carbonyl (C=O) groups excluding carboxylic acids is 1. The van der Waals surface area contributed by atoms with Gasteiger partial charge in [-0.3, -0.25) is 9.78 Å². The van der Waals surface area contributed by atoms with Crippen LogP contribution in [0, 0.1) is 0 Å². The summed E-state index contributed by atoms with van der Waals surface area (Å²) in [7, 11) is -3.34. The highest BCUT2D eigenvalue weighted by Gasteiger charge is 2.23. The number of ether oxygens (including phenoxy) is 1. The molecule has 0 atom stereocenters. The summed E-state index contributed by atoms with van der Waals surface area (Å²) in [6.45, 7) is 1.66. The molecule has 0 aliphatic carbocycles. The van der Waals surface area contributed by atoms with E-state index in [1.165, 1.54) is 10.5 Å². The monoisotopic (exact) mass is 299 g/mol. The first kappa shape index (κ1) is 14.9. The number of aromatic nitrogens is 1. The van der Waals surface area contributed by atoms with E-state index in [4.69, 9.17) is 4.74 Å². The van der Waals surface area contributed by atoms with Crippen LogP contribution < -0.4 is 5.32 Å². The summed E-state index contributed by atoms with van der Waals surface area (Å²) in [5, 5.41) is 2.58. The van der Waals surface area contributed by atoms with Crippen molar-refractivity contribution in [2.45, 2.75) is 0 Å². The number of rotatable bonds is 5. The molecule has 1 aromatic rings. The molecular formula is C12H17N3O4S. The lowest BCUT2D eigenvalue weighted by atomic mass is 10.3. The second kappa shape index (κ2) is 6.78. The Balaban J connectivity index is 1.81. The average molecular weight is 299 g/mol. The normalized spacial score (nSPS) is 16.8. The van der Waals surface area contributed by atoms with Crippen LogP contribution in [0.2, 0.25) is 0 Å². The Morgan fingerprint density at radius 2 is 2.15 bits per heavy atom. The van der Waals surface area contributed by atoms with Gasteiger partial charge in [-0.1, -0.05) is 0 Å². The van der Waals surface area contributed by atoms with Gasteiger partial charge in [-0.15, -0.1) is 0 Å². The standard InChI is InChI=1S/C12H17N3O4S/c16-12(11-2-1-3-13-10-11)14-4-9-20(17,18)15-5-7-19-8-6-15/h1-3,10H,4-9H2,(H,14,16). The SMILES string of the molecule is O=C(NCCS(=O)(=O)N1CCOCC1)c1cccnc1. The number of nitrogens with zero attached hydrogens (tertiary/aromatic N) is 2. The molecule has 0 radical (unpaired) electrons. The molecular weight excluding hydrogens is 282 g/mol. The van der Waals surface area contributed by atoms with Crippen LogP contribution in [-0.2, 0) is 14.8 Å². The minimum atomic E-state index is -3.34. The molecule has 1 aliphatic rings. The zero-order valence-electron chi connectivity index (χ0n) is 11.0. The molecule has 1 saturated heterocycles. The Morgan fingerprint density at radius 3 is 2.80 bits per heavy atom. The second-order valence-electron chi connectivity index (χ2n) is 4.33. The minimum Gasteiger partial charge on any atom is -0.379 e. The summed E-state index contributed by atoms with van der Waals surface area (Å²) in [5.41, 5.74) is 0.413. The molecule has 1 amide bonds. The van der Waals surface area contributed by atoms with Crippen molar-refractivity contribution in [3.8, 4) is 0 Å². The van der Waals surface area contributed by atoms with Crippen LogP contribution in [0.1, 0.15) is 10.4 Å². The van der Waals surface area contributed by atoms with Crippen molar-refractivity contribution in [1.29, 1.82) is 0 Å². The predicted molar refractivity (Wildman–Crippen MR) is 72.7 cm³/mol. The van der Waals surface area contributed by atoms with Gasteiger partial charge in [0.2, 0.25) is 10.0 Å². The van der Waals surface area contributed by atoms with Gasteiger partial charge in [0.05, 0.1) is 24.5 Å². The van der Waals surface area contributed by atoms with Crippen molar-refractivity contribution in [1.82, 2.24) is 14.6 Å². The van der Waals surface area contributed by atoms with Gasteiger partial charge in [-0.05, 0) is 12.1 Å². The van der Waals surface area contributed by atoms with E-state index in [0.717, 1.165) is 0 Å². The Bertz CT molecular complexity index is 541. The molecule has 0 spiro atoms. The maximum Gasteiger partial charge on any atom is 0.252 e. The first-order valence-corrected chi connectivity index (χ1v) is 7.94. The van der Waals surface area contributed by atoms with E-state index in [1.807, 2.05) is 0 Å². The lowest BCUT2D eigenvalue weighted by Crippen LogP contribution is -2.43. The molecule has 0 saturated carbocycles. The topological polar surface area (TPSA) is 88.6 Å². The average Bonchev–Trinajstić information content (AvgIpc) is 2.49. The summed E-state index contributed by atoms with van der Waals surface area (Å²) in [6, 6.07) is 3.28. The fraction of sp³-hybridized carbons (Fsp3) is 0.500. The summed E-state index contributed by atoms with van der Waals surface area (Å²) >= 11 is 0. The molecule has 0 aromatic carbocycles. The van der Waals surface area contributed by atoms with Gasteiger partial charge in [-0.2, -0.15) is 4.31 Å². The fourth-order valence-corrected chi connectivity index (χ4v) is 3.17. The molecule has 0 unspecified atom stereocenters. The van der Waals surface area contributed by atoms with Crippen LogP contribution in [-0.4, -0.2) is 62.2 Å². The largest absolute Gasteiger partial charge is 0.379 e. The van der Waals surface area contributed by atoms with E-state index >= 15 is 0 Å². The Morgan fingerprint density at radius 1 is 1.40 bits per heavy atom. The van der Waals surface area contributed by atoms with Crippen molar-refractivity contribution in [3.63, 3.8) is 0 Å². The van der Waals surface area contributed by atoms with Crippen molar-refractivity contribution in [2.24, 2.45) is 0 Å². The number of sulfonamides is 1. The molecule has 20 heavy (non-hydrogen) atoms. The van der Waals surface area contributed by atoms with Gasteiger partial charge in [0, 0.05) is 32.0 Å².